The van der Waals surface area contributed by atoms with E-state index in [2.05, 4.69) is 5.32 Å². The van der Waals surface area contributed by atoms with Crippen LogP contribution in [0.25, 0.3) is 0 Å². The van der Waals surface area contributed by atoms with Gasteiger partial charge in [-0.3, -0.25) is 4.79 Å². The van der Waals surface area contributed by atoms with E-state index in [4.69, 9.17) is 0 Å². The Balaban J connectivity index is 2.14. The molecule has 3 aliphatic carbocycles. The molecule has 0 aromatic heterocycles. The summed E-state index contributed by atoms with van der Waals surface area (Å²) in [5.74, 6) is -0.105. The molecule has 4 heteroatoms. The number of rotatable bonds is 3. The molecule has 3 rings (SSSR count). The van der Waals surface area contributed by atoms with E-state index in [0.29, 0.717) is 18.4 Å². The van der Waals surface area contributed by atoms with Crippen molar-refractivity contribution in [3.05, 3.63) is 34.6 Å². The lowest BCUT2D eigenvalue weighted by atomic mass is 9.66. The van der Waals surface area contributed by atoms with E-state index < -0.39 is 5.60 Å². The summed E-state index contributed by atoms with van der Waals surface area (Å²) < 4.78 is 0. The minimum atomic E-state index is -1.04. The highest BCUT2D eigenvalue weighted by molar-refractivity contribution is 5.88. The highest BCUT2D eigenvalue weighted by Gasteiger charge is 2.48. The van der Waals surface area contributed by atoms with E-state index in [9.17, 15) is 15.0 Å². The Labute approximate surface area is 107 Å². The molecule has 0 radical (unpaired) electrons. The molecule has 0 unspecified atom stereocenters. The molecule has 0 heterocycles. The minimum absolute atomic E-state index is 0.0430. The van der Waals surface area contributed by atoms with Crippen LogP contribution < -0.4 is 5.32 Å². The molecule has 1 fully saturated rings. The molecule has 0 spiro atoms. The van der Waals surface area contributed by atoms with Gasteiger partial charge in [-0.05, 0) is 38.0 Å². The average molecular weight is 249 g/mol. The summed E-state index contributed by atoms with van der Waals surface area (Å²) in [5.41, 5.74) is 1.60. The van der Waals surface area contributed by atoms with Crippen LogP contribution in [-0.4, -0.2) is 27.8 Å². The maximum atomic E-state index is 11.5. The Kier molecular flexibility index (Phi) is 3.07. The molecule has 2 bridgehead atoms. The second-order valence-corrected chi connectivity index (χ2v) is 5.37. The van der Waals surface area contributed by atoms with E-state index >= 15 is 0 Å². The number of hydrogen-bond donors (Lipinski definition) is 3. The SMILES string of the molecule is CC1=C(O)C2(O)CC(=C1/C=C/C(=O)NC(C)C)C2. The third-order valence-electron chi connectivity index (χ3n) is 3.42. The highest BCUT2D eigenvalue weighted by Crippen LogP contribution is 2.50. The first-order chi connectivity index (χ1) is 8.33. The summed E-state index contributed by atoms with van der Waals surface area (Å²) in [6, 6.07) is 0.102. The van der Waals surface area contributed by atoms with Crippen LogP contribution >= 0.6 is 0 Å². The van der Waals surface area contributed by atoms with Gasteiger partial charge in [-0.1, -0.05) is 5.57 Å². The fraction of sp³-hybridized carbons (Fsp3) is 0.500. The van der Waals surface area contributed by atoms with Gasteiger partial charge in [0.15, 0.2) is 0 Å². The smallest absolute Gasteiger partial charge is 0.244 e. The van der Waals surface area contributed by atoms with Crippen molar-refractivity contribution in [2.24, 2.45) is 0 Å². The van der Waals surface area contributed by atoms with Gasteiger partial charge < -0.3 is 15.5 Å². The second-order valence-electron chi connectivity index (χ2n) is 5.37. The van der Waals surface area contributed by atoms with Crippen molar-refractivity contribution in [1.29, 1.82) is 0 Å². The van der Waals surface area contributed by atoms with Crippen LogP contribution in [0.5, 0.6) is 0 Å². The topological polar surface area (TPSA) is 69.6 Å². The van der Waals surface area contributed by atoms with E-state index in [1.54, 1.807) is 13.0 Å². The fourth-order valence-electron chi connectivity index (χ4n) is 2.49. The van der Waals surface area contributed by atoms with Crippen LogP contribution in [-0.2, 0) is 4.79 Å². The molecule has 18 heavy (non-hydrogen) atoms. The number of carbonyl (C=O) groups is 1. The fourth-order valence-corrected chi connectivity index (χ4v) is 2.49. The lowest BCUT2D eigenvalue weighted by molar-refractivity contribution is -0.116. The van der Waals surface area contributed by atoms with E-state index in [1.165, 1.54) is 6.08 Å². The monoisotopic (exact) mass is 249 g/mol. The van der Waals surface area contributed by atoms with Gasteiger partial charge in [-0.25, -0.2) is 0 Å². The number of amides is 1. The Hall–Kier alpha value is -1.55. The quantitative estimate of drug-likeness (QED) is 0.667. The van der Waals surface area contributed by atoms with Crippen LogP contribution in [0, 0.1) is 0 Å². The third kappa shape index (κ3) is 2.08. The zero-order chi connectivity index (χ0) is 13.5. The summed E-state index contributed by atoms with van der Waals surface area (Å²) in [4.78, 5) is 11.5. The third-order valence-corrected chi connectivity index (χ3v) is 3.42. The van der Waals surface area contributed by atoms with Gasteiger partial charge in [0, 0.05) is 25.0 Å². The first kappa shape index (κ1) is 12.9. The number of carbonyl (C=O) groups excluding carboxylic acids is 1. The van der Waals surface area contributed by atoms with Crippen LogP contribution in [0.1, 0.15) is 33.6 Å². The van der Waals surface area contributed by atoms with Gasteiger partial charge >= 0.3 is 0 Å². The van der Waals surface area contributed by atoms with Gasteiger partial charge in [0.1, 0.15) is 11.4 Å². The van der Waals surface area contributed by atoms with Gasteiger partial charge in [-0.15, -0.1) is 0 Å². The van der Waals surface area contributed by atoms with Gasteiger partial charge in [0.05, 0.1) is 0 Å². The van der Waals surface area contributed by atoms with Crippen molar-refractivity contribution < 1.29 is 15.0 Å². The molecule has 0 atom stereocenters. The lowest BCUT2D eigenvalue weighted by Gasteiger charge is -2.44. The minimum Gasteiger partial charge on any atom is -0.509 e. The number of fused-ring (bicyclic) bond motifs is 1. The molecule has 0 saturated heterocycles. The summed E-state index contributed by atoms with van der Waals surface area (Å²) in [5, 5.41) is 22.6. The zero-order valence-electron chi connectivity index (χ0n) is 10.9. The Bertz CT molecular complexity index is 475. The molecule has 0 aromatic carbocycles. The maximum Gasteiger partial charge on any atom is 0.244 e. The molecular weight excluding hydrogens is 230 g/mol. The molecule has 98 valence electrons. The number of nitrogens with one attached hydrogen (secondary N) is 1. The van der Waals surface area contributed by atoms with Crippen molar-refractivity contribution >= 4 is 5.91 Å². The van der Waals surface area contributed by atoms with Crippen LogP contribution in [0.3, 0.4) is 0 Å². The van der Waals surface area contributed by atoms with Crippen molar-refractivity contribution in [2.75, 3.05) is 0 Å². The summed E-state index contributed by atoms with van der Waals surface area (Å²) in [7, 11) is 0. The predicted molar refractivity (Wildman–Crippen MR) is 69.0 cm³/mol. The first-order valence-electron chi connectivity index (χ1n) is 6.17. The van der Waals surface area contributed by atoms with E-state index in [-0.39, 0.29) is 17.7 Å². The lowest BCUT2D eigenvalue weighted by Crippen LogP contribution is -2.44. The molecule has 1 saturated carbocycles. The summed E-state index contributed by atoms with van der Waals surface area (Å²) in [6.45, 7) is 5.56. The largest absolute Gasteiger partial charge is 0.509 e. The van der Waals surface area contributed by atoms with E-state index in [0.717, 1.165) is 11.1 Å². The molecular formula is C14H19NO3. The highest BCUT2D eigenvalue weighted by atomic mass is 16.3. The molecule has 3 N–H and O–H groups in total. The Morgan fingerprint density at radius 1 is 1.44 bits per heavy atom. The molecule has 3 aliphatic rings. The Morgan fingerprint density at radius 3 is 2.61 bits per heavy atom. The van der Waals surface area contributed by atoms with Crippen molar-refractivity contribution in [3.8, 4) is 0 Å². The maximum absolute atomic E-state index is 11.5. The van der Waals surface area contributed by atoms with Crippen molar-refractivity contribution in [1.82, 2.24) is 5.32 Å². The van der Waals surface area contributed by atoms with Gasteiger partial charge in [0.2, 0.25) is 5.91 Å². The summed E-state index contributed by atoms with van der Waals surface area (Å²) in [6.07, 6.45) is 4.14. The number of hydrogen-bond acceptors (Lipinski definition) is 3. The number of aliphatic hydroxyl groups excluding tert-OH is 1. The van der Waals surface area contributed by atoms with Crippen LogP contribution in [0.15, 0.2) is 34.6 Å². The summed E-state index contributed by atoms with van der Waals surface area (Å²) >= 11 is 0. The zero-order valence-corrected chi connectivity index (χ0v) is 10.9. The Morgan fingerprint density at radius 2 is 2.06 bits per heavy atom. The second kappa shape index (κ2) is 4.28. The van der Waals surface area contributed by atoms with E-state index in [1.807, 2.05) is 13.8 Å². The van der Waals surface area contributed by atoms with Crippen molar-refractivity contribution in [2.45, 2.75) is 45.3 Å². The normalized spacial score (nSPS) is 21.6. The van der Waals surface area contributed by atoms with Crippen LogP contribution in [0.2, 0.25) is 0 Å². The average Bonchev–Trinajstić information content (AvgIpc) is 2.21. The molecule has 4 nitrogen and oxygen atoms in total. The molecule has 1 amide bonds. The first-order valence-corrected chi connectivity index (χ1v) is 6.17. The predicted octanol–water partition coefficient (Wildman–Crippen LogP) is 1.73. The number of aliphatic hydroxyl groups is 2. The number of allylic oxidation sites excluding steroid dienone is 3. The van der Waals surface area contributed by atoms with Gasteiger partial charge in [0.25, 0.3) is 0 Å². The van der Waals surface area contributed by atoms with Crippen LogP contribution in [0.4, 0.5) is 0 Å². The van der Waals surface area contributed by atoms with Gasteiger partial charge in [-0.2, -0.15) is 0 Å². The standard InChI is InChI=1S/C14H19NO3/c1-8(2)15-12(16)5-4-11-9(3)13(17)14(18)6-10(11)7-14/h4-5,8,17-18H,6-7H2,1-3H3,(H,15,16)/b5-4+. The molecule has 0 aliphatic heterocycles. The molecule has 0 aromatic rings. The van der Waals surface area contributed by atoms with Crippen molar-refractivity contribution in [3.63, 3.8) is 0 Å².